The maximum absolute atomic E-state index is 5.48. The molecule has 1 aromatic rings. The fourth-order valence-corrected chi connectivity index (χ4v) is 3.04. The van der Waals surface area contributed by atoms with Crippen LogP contribution in [-0.2, 0) is 0 Å². The summed E-state index contributed by atoms with van der Waals surface area (Å²) in [6.45, 7) is 8.23. The van der Waals surface area contributed by atoms with Gasteiger partial charge in [0.1, 0.15) is 0 Å². The molecule has 21 heavy (non-hydrogen) atoms. The van der Waals surface area contributed by atoms with E-state index in [4.69, 9.17) is 9.47 Å². The van der Waals surface area contributed by atoms with E-state index in [1.807, 2.05) is 6.07 Å². The van der Waals surface area contributed by atoms with Crippen molar-refractivity contribution in [1.82, 2.24) is 5.32 Å². The van der Waals surface area contributed by atoms with Gasteiger partial charge in [-0.2, -0.15) is 0 Å². The van der Waals surface area contributed by atoms with E-state index in [2.05, 4.69) is 36.2 Å². The van der Waals surface area contributed by atoms with Crippen molar-refractivity contribution in [3.8, 4) is 11.5 Å². The van der Waals surface area contributed by atoms with Gasteiger partial charge in [-0.05, 0) is 43.9 Å². The lowest BCUT2D eigenvalue weighted by atomic mass is 10.0. The second-order valence-corrected chi connectivity index (χ2v) is 6.46. The average Bonchev–Trinajstić information content (AvgIpc) is 2.94. The molecule has 0 spiro atoms. The lowest BCUT2D eigenvalue weighted by Gasteiger charge is -2.35. The zero-order valence-electron chi connectivity index (χ0n) is 13.1. The smallest absolute Gasteiger partial charge is 0.231 e. The number of fused-ring (bicyclic) bond motifs is 1. The summed E-state index contributed by atoms with van der Waals surface area (Å²) in [5, 5.41) is 3.71. The molecule has 1 saturated heterocycles. The Morgan fingerprint density at radius 2 is 2.14 bits per heavy atom. The molecule has 1 unspecified atom stereocenters. The van der Waals surface area contributed by atoms with E-state index in [0.717, 1.165) is 37.1 Å². The zero-order valence-corrected chi connectivity index (χ0v) is 13.1. The second kappa shape index (κ2) is 6.56. The fraction of sp³-hybridized carbons (Fsp3) is 0.647. The summed E-state index contributed by atoms with van der Waals surface area (Å²) in [5.74, 6) is 2.51. The summed E-state index contributed by atoms with van der Waals surface area (Å²) in [7, 11) is 0. The first-order chi connectivity index (χ1) is 10.2. The number of benzene rings is 1. The number of nitrogens with zero attached hydrogens (tertiary/aromatic N) is 1. The quantitative estimate of drug-likeness (QED) is 0.904. The molecule has 1 aromatic carbocycles. The number of anilines is 1. The fourth-order valence-electron chi connectivity index (χ4n) is 3.04. The van der Waals surface area contributed by atoms with Crippen LogP contribution < -0.4 is 19.7 Å². The zero-order chi connectivity index (χ0) is 14.7. The highest BCUT2D eigenvalue weighted by Crippen LogP contribution is 2.36. The van der Waals surface area contributed by atoms with Gasteiger partial charge < -0.3 is 19.7 Å². The van der Waals surface area contributed by atoms with E-state index < -0.39 is 0 Å². The van der Waals surface area contributed by atoms with Crippen molar-refractivity contribution < 1.29 is 9.47 Å². The predicted molar refractivity (Wildman–Crippen MR) is 85.3 cm³/mol. The van der Waals surface area contributed by atoms with Gasteiger partial charge >= 0.3 is 0 Å². The van der Waals surface area contributed by atoms with Crippen molar-refractivity contribution in [2.24, 2.45) is 5.92 Å². The van der Waals surface area contributed by atoms with E-state index in [-0.39, 0.29) is 0 Å². The van der Waals surface area contributed by atoms with E-state index in [9.17, 15) is 0 Å². The predicted octanol–water partition coefficient (Wildman–Crippen LogP) is 3.02. The lowest BCUT2D eigenvalue weighted by molar-refractivity contribution is 0.174. The lowest BCUT2D eigenvalue weighted by Crippen LogP contribution is -2.46. The minimum atomic E-state index is 0.345. The van der Waals surface area contributed by atoms with Crippen LogP contribution in [0.25, 0.3) is 0 Å². The van der Waals surface area contributed by atoms with Gasteiger partial charge in [0.25, 0.3) is 0 Å². The summed E-state index contributed by atoms with van der Waals surface area (Å²) in [4.78, 5) is 2.46. The van der Waals surface area contributed by atoms with Crippen LogP contribution in [-0.4, -0.2) is 32.5 Å². The molecule has 3 rings (SSSR count). The molecule has 1 fully saturated rings. The largest absolute Gasteiger partial charge is 0.454 e. The Morgan fingerprint density at radius 3 is 3.00 bits per heavy atom. The normalized spacial score (nSPS) is 21.1. The summed E-state index contributed by atoms with van der Waals surface area (Å²) in [6.07, 6.45) is 3.77. The molecule has 0 saturated carbocycles. The highest BCUT2D eigenvalue weighted by Gasteiger charge is 2.22. The maximum atomic E-state index is 5.48. The van der Waals surface area contributed by atoms with Gasteiger partial charge in [-0.15, -0.1) is 0 Å². The van der Waals surface area contributed by atoms with Gasteiger partial charge in [-0.1, -0.05) is 13.8 Å². The number of ether oxygens (including phenoxy) is 2. The molecular formula is C17H26N2O2. The monoisotopic (exact) mass is 290 g/mol. The molecule has 2 heterocycles. The molecule has 0 aliphatic carbocycles. The van der Waals surface area contributed by atoms with Gasteiger partial charge in [0.2, 0.25) is 6.79 Å². The highest BCUT2D eigenvalue weighted by atomic mass is 16.7. The number of nitrogens with one attached hydrogen (secondary N) is 1. The van der Waals surface area contributed by atoms with Gasteiger partial charge in [-0.3, -0.25) is 0 Å². The Kier molecular flexibility index (Phi) is 4.54. The molecule has 2 aliphatic heterocycles. The molecule has 4 nitrogen and oxygen atoms in total. The Labute approximate surface area is 127 Å². The number of hydrogen-bond acceptors (Lipinski definition) is 4. The van der Waals surface area contributed by atoms with Crippen LogP contribution in [0.3, 0.4) is 0 Å². The topological polar surface area (TPSA) is 33.7 Å². The molecule has 0 radical (unpaired) electrons. The first-order valence-electron chi connectivity index (χ1n) is 8.10. The Balaban J connectivity index is 1.58. The summed E-state index contributed by atoms with van der Waals surface area (Å²) in [6, 6.07) is 6.87. The van der Waals surface area contributed by atoms with Crippen LogP contribution in [0, 0.1) is 5.92 Å². The summed E-state index contributed by atoms with van der Waals surface area (Å²) >= 11 is 0. The van der Waals surface area contributed by atoms with Gasteiger partial charge in [0.15, 0.2) is 11.5 Å². The van der Waals surface area contributed by atoms with Gasteiger partial charge in [-0.25, -0.2) is 0 Å². The molecule has 1 N–H and O–H groups in total. The van der Waals surface area contributed by atoms with E-state index in [1.165, 1.54) is 24.9 Å². The van der Waals surface area contributed by atoms with Crippen molar-refractivity contribution >= 4 is 5.69 Å². The molecule has 1 atom stereocenters. The number of hydrogen-bond donors (Lipinski definition) is 1. The van der Waals surface area contributed by atoms with Crippen LogP contribution in [0.5, 0.6) is 11.5 Å². The molecule has 0 amide bonds. The highest BCUT2D eigenvalue weighted by molar-refractivity contribution is 5.57. The number of rotatable bonds is 5. The second-order valence-electron chi connectivity index (χ2n) is 6.46. The van der Waals surface area contributed by atoms with Crippen molar-refractivity contribution in [3.05, 3.63) is 18.2 Å². The molecule has 0 aromatic heterocycles. The van der Waals surface area contributed by atoms with E-state index in [0.29, 0.717) is 12.8 Å². The van der Waals surface area contributed by atoms with Crippen LogP contribution in [0.4, 0.5) is 5.69 Å². The third-order valence-electron chi connectivity index (χ3n) is 4.30. The van der Waals surface area contributed by atoms with Gasteiger partial charge in [0.05, 0.1) is 0 Å². The maximum Gasteiger partial charge on any atom is 0.231 e. The van der Waals surface area contributed by atoms with Crippen LogP contribution in [0.15, 0.2) is 18.2 Å². The Bertz CT molecular complexity index is 476. The van der Waals surface area contributed by atoms with E-state index in [1.54, 1.807) is 0 Å². The Morgan fingerprint density at radius 1 is 1.29 bits per heavy atom. The van der Waals surface area contributed by atoms with Gasteiger partial charge in [0, 0.05) is 30.9 Å². The molecular weight excluding hydrogens is 264 g/mol. The standard InChI is InChI=1S/C17H26N2O2/c1-13(2)7-8-18-14-4-3-9-19(11-14)15-5-6-16-17(10-15)21-12-20-16/h5-6,10,13-14,18H,3-4,7-9,11-12H2,1-2H3. The summed E-state index contributed by atoms with van der Waals surface area (Å²) in [5.41, 5.74) is 1.25. The van der Waals surface area contributed by atoms with E-state index >= 15 is 0 Å². The summed E-state index contributed by atoms with van der Waals surface area (Å²) < 4.78 is 10.9. The minimum Gasteiger partial charge on any atom is -0.454 e. The Hall–Kier alpha value is -1.42. The average molecular weight is 290 g/mol. The first kappa shape index (κ1) is 14.5. The molecule has 0 bridgehead atoms. The third kappa shape index (κ3) is 3.62. The van der Waals surface area contributed by atoms with Crippen LogP contribution in [0.1, 0.15) is 33.1 Å². The van der Waals surface area contributed by atoms with Crippen molar-refractivity contribution in [3.63, 3.8) is 0 Å². The van der Waals surface area contributed by atoms with Crippen molar-refractivity contribution in [1.29, 1.82) is 0 Å². The van der Waals surface area contributed by atoms with Crippen molar-refractivity contribution in [2.75, 3.05) is 31.3 Å². The van der Waals surface area contributed by atoms with Crippen molar-refractivity contribution in [2.45, 2.75) is 39.2 Å². The molecule has 2 aliphatic rings. The molecule has 116 valence electrons. The SMILES string of the molecule is CC(C)CCNC1CCCN(c2ccc3c(c2)OCO3)C1. The molecule has 4 heteroatoms. The van der Waals surface area contributed by atoms with Crippen LogP contribution >= 0.6 is 0 Å². The first-order valence-corrected chi connectivity index (χ1v) is 8.10. The van der Waals surface area contributed by atoms with Crippen LogP contribution in [0.2, 0.25) is 0 Å². The number of piperidine rings is 1. The third-order valence-corrected chi connectivity index (χ3v) is 4.30. The minimum absolute atomic E-state index is 0.345.